The van der Waals surface area contributed by atoms with E-state index in [9.17, 15) is 0 Å². The summed E-state index contributed by atoms with van der Waals surface area (Å²) in [5.74, 6) is 0. The molecule has 0 fully saturated rings. The molecule has 1 radical (unpaired) electrons. The van der Waals surface area contributed by atoms with E-state index < -0.39 is 0 Å². The Bertz CT molecular complexity index is 443. The summed E-state index contributed by atoms with van der Waals surface area (Å²) in [6, 6.07) is 8.86. The molecule has 0 atom stereocenters. The lowest BCUT2D eigenvalue weighted by Crippen LogP contribution is -1.86. The quantitative estimate of drug-likeness (QED) is 0.742. The Hall–Kier alpha value is -1.12. The highest BCUT2D eigenvalue weighted by Crippen LogP contribution is 2.31. The number of hydrogen-bond acceptors (Lipinski definition) is 2. The summed E-state index contributed by atoms with van der Waals surface area (Å²) in [6.07, 6.45) is 2.60. The number of benzene rings is 1. The van der Waals surface area contributed by atoms with Crippen LogP contribution in [-0.4, -0.2) is 10.2 Å². The van der Waals surface area contributed by atoms with Gasteiger partial charge in [0.15, 0.2) is 0 Å². The molecule has 0 N–H and O–H groups in total. The van der Waals surface area contributed by atoms with Crippen molar-refractivity contribution < 1.29 is 0 Å². The highest BCUT2D eigenvalue weighted by Gasteiger charge is 2.07. The largest absolute Gasteiger partial charge is 0.150 e. The molecule has 0 spiro atoms. The zero-order valence-corrected chi connectivity index (χ0v) is 8.55. The molecule has 1 aromatic heterocycles. The van der Waals surface area contributed by atoms with Gasteiger partial charge < -0.3 is 0 Å². The number of aromatic nitrogens is 2. The lowest BCUT2D eigenvalue weighted by atomic mass is 10.1. The topological polar surface area (TPSA) is 25.8 Å². The minimum absolute atomic E-state index is 0.495. The third-order valence-electron chi connectivity index (χ3n) is 1.76. The molecular weight excluding hydrogens is 219 g/mol. The summed E-state index contributed by atoms with van der Waals surface area (Å²) in [6.45, 7) is 0. The normalized spacial score (nSPS) is 10.1. The van der Waals surface area contributed by atoms with E-state index in [0.717, 1.165) is 5.56 Å². The summed E-state index contributed by atoms with van der Waals surface area (Å²) >= 11 is 11.9. The van der Waals surface area contributed by atoms with Crippen LogP contribution in [-0.2, 0) is 0 Å². The molecule has 0 aliphatic heterocycles. The van der Waals surface area contributed by atoms with Gasteiger partial charge in [-0.15, -0.1) is 10.2 Å². The van der Waals surface area contributed by atoms with Crippen LogP contribution in [0.25, 0.3) is 11.3 Å². The van der Waals surface area contributed by atoms with Gasteiger partial charge in [0.25, 0.3) is 0 Å². The van der Waals surface area contributed by atoms with Crippen LogP contribution in [0.5, 0.6) is 0 Å². The molecule has 69 valence electrons. The fraction of sp³-hybridized carbons (Fsp3) is 0. The molecule has 4 heteroatoms. The fourth-order valence-corrected chi connectivity index (χ4v) is 1.51. The number of nitrogens with zero attached hydrogens (tertiary/aromatic N) is 2. The highest BCUT2D eigenvalue weighted by atomic mass is 35.5. The van der Waals surface area contributed by atoms with Gasteiger partial charge in [-0.2, -0.15) is 0 Å². The molecule has 14 heavy (non-hydrogen) atoms. The fourth-order valence-electron chi connectivity index (χ4n) is 1.11. The van der Waals surface area contributed by atoms with Crippen molar-refractivity contribution in [2.75, 3.05) is 0 Å². The molecule has 0 aliphatic carbocycles. The Morgan fingerprint density at radius 1 is 1.14 bits per heavy atom. The van der Waals surface area contributed by atoms with Crippen LogP contribution < -0.4 is 0 Å². The van der Waals surface area contributed by atoms with Gasteiger partial charge in [-0.25, -0.2) is 0 Å². The molecule has 2 nitrogen and oxygen atoms in total. The Kier molecular flexibility index (Phi) is 2.66. The standard InChI is InChI=1S/C10H5Cl2N2/c11-8-4-1-3-7(10(8)12)9-5-2-6-13-14-9/h1-5H. The van der Waals surface area contributed by atoms with Crippen LogP contribution in [0.3, 0.4) is 0 Å². The Labute approximate surface area is 91.5 Å². The van der Waals surface area contributed by atoms with Crippen molar-refractivity contribution >= 4 is 23.2 Å². The van der Waals surface area contributed by atoms with Gasteiger partial charge in [0, 0.05) is 5.56 Å². The maximum atomic E-state index is 6.02. The molecule has 0 saturated heterocycles. The van der Waals surface area contributed by atoms with E-state index in [2.05, 4.69) is 16.4 Å². The van der Waals surface area contributed by atoms with Crippen molar-refractivity contribution in [3.63, 3.8) is 0 Å². The van der Waals surface area contributed by atoms with Crippen LogP contribution in [0.2, 0.25) is 10.0 Å². The van der Waals surface area contributed by atoms with Gasteiger partial charge in [-0.1, -0.05) is 35.3 Å². The first-order chi connectivity index (χ1) is 6.79. The molecule has 0 bridgehead atoms. The smallest absolute Gasteiger partial charge is 0.113 e. The zero-order valence-electron chi connectivity index (χ0n) is 7.04. The molecule has 1 heterocycles. The molecule has 2 rings (SSSR count). The van der Waals surface area contributed by atoms with Gasteiger partial charge in [0.2, 0.25) is 0 Å². The van der Waals surface area contributed by atoms with E-state index >= 15 is 0 Å². The van der Waals surface area contributed by atoms with E-state index in [0.29, 0.717) is 15.7 Å². The lowest BCUT2D eigenvalue weighted by Gasteiger charge is -2.03. The maximum Gasteiger partial charge on any atom is 0.113 e. The van der Waals surface area contributed by atoms with Crippen molar-refractivity contribution in [2.45, 2.75) is 0 Å². The van der Waals surface area contributed by atoms with Crippen molar-refractivity contribution in [3.05, 3.63) is 46.6 Å². The van der Waals surface area contributed by atoms with Crippen LogP contribution in [0.4, 0.5) is 0 Å². The molecule has 0 unspecified atom stereocenters. The third-order valence-corrected chi connectivity index (χ3v) is 2.58. The first-order valence-electron chi connectivity index (χ1n) is 3.93. The Balaban J connectivity index is 2.58. The van der Waals surface area contributed by atoms with Crippen molar-refractivity contribution in [1.82, 2.24) is 10.2 Å². The van der Waals surface area contributed by atoms with E-state index in [4.69, 9.17) is 23.2 Å². The first kappa shape index (κ1) is 9.44. The molecule has 0 amide bonds. The van der Waals surface area contributed by atoms with Gasteiger partial charge in [-0.3, -0.25) is 0 Å². The number of hydrogen-bond donors (Lipinski definition) is 0. The van der Waals surface area contributed by atoms with Crippen LogP contribution in [0.1, 0.15) is 0 Å². The average molecular weight is 224 g/mol. The molecule has 2 aromatic rings. The number of halogens is 2. The van der Waals surface area contributed by atoms with E-state index in [-0.39, 0.29) is 0 Å². The van der Waals surface area contributed by atoms with E-state index in [1.165, 1.54) is 0 Å². The van der Waals surface area contributed by atoms with Crippen molar-refractivity contribution in [2.24, 2.45) is 0 Å². The monoisotopic (exact) mass is 223 g/mol. The van der Waals surface area contributed by atoms with Gasteiger partial charge >= 0.3 is 0 Å². The Morgan fingerprint density at radius 3 is 2.71 bits per heavy atom. The van der Waals surface area contributed by atoms with Gasteiger partial charge in [-0.05, 0) is 18.2 Å². The highest BCUT2D eigenvalue weighted by molar-refractivity contribution is 6.43. The van der Waals surface area contributed by atoms with Crippen molar-refractivity contribution in [3.8, 4) is 11.3 Å². The first-order valence-corrected chi connectivity index (χ1v) is 4.69. The minimum Gasteiger partial charge on any atom is -0.150 e. The maximum absolute atomic E-state index is 6.02. The van der Waals surface area contributed by atoms with Crippen LogP contribution >= 0.6 is 23.2 Å². The van der Waals surface area contributed by atoms with E-state index in [1.54, 1.807) is 18.2 Å². The second-order valence-corrected chi connectivity index (χ2v) is 3.43. The number of rotatable bonds is 1. The summed E-state index contributed by atoms with van der Waals surface area (Å²) in [7, 11) is 0. The molecule has 1 aromatic carbocycles. The van der Waals surface area contributed by atoms with Crippen molar-refractivity contribution in [1.29, 1.82) is 0 Å². The second kappa shape index (κ2) is 3.95. The summed E-state index contributed by atoms with van der Waals surface area (Å²) in [5.41, 5.74) is 1.47. The third kappa shape index (κ3) is 1.72. The summed E-state index contributed by atoms with van der Waals surface area (Å²) < 4.78 is 0. The average Bonchev–Trinajstić information content (AvgIpc) is 2.23. The summed E-state index contributed by atoms with van der Waals surface area (Å²) in [5, 5.41) is 8.57. The van der Waals surface area contributed by atoms with Crippen LogP contribution in [0, 0.1) is 6.20 Å². The second-order valence-electron chi connectivity index (χ2n) is 2.65. The predicted octanol–water partition coefficient (Wildman–Crippen LogP) is 3.25. The van der Waals surface area contributed by atoms with Gasteiger partial charge in [0.05, 0.1) is 15.7 Å². The van der Waals surface area contributed by atoms with Gasteiger partial charge in [0.1, 0.15) is 6.20 Å². The molecule has 0 saturated carbocycles. The summed E-state index contributed by atoms with van der Waals surface area (Å²) in [4.78, 5) is 0. The minimum atomic E-state index is 0.495. The molecular formula is C10H5Cl2N2. The lowest BCUT2D eigenvalue weighted by molar-refractivity contribution is 1.03. The Morgan fingerprint density at radius 2 is 2.00 bits per heavy atom. The predicted molar refractivity (Wildman–Crippen MR) is 56.3 cm³/mol. The van der Waals surface area contributed by atoms with Crippen LogP contribution in [0.15, 0.2) is 30.3 Å². The van der Waals surface area contributed by atoms with E-state index in [1.807, 2.05) is 12.1 Å². The SMILES string of the molecule is Clc1cccc(-c2cc[c]nn2)c1Cl. The zero-order chi connectivity index (χ0) is 9.97. The molecule has 0 aliphatic rings.